The molecule has 2 amide bonds. The first-order valence-electron chi connectivity index (χ1n) is 11.7. The van der Waals surface area contributed by atoms with Crippen molar-refractivity contribution in [2.75, 3.05) is 13.1 Å². The zero-order valence-corrected chi connectivity index (χ0v) is 20.1. The van der Waals surface area contributed by atoms with Gasteiger partial charge in [-0.2, -0.15) is 5.10 Å². The first-order valence-corrected chi connectivity index (χ1v) is 11.7. The topological polar surface area (TPSA) is 93.3 Å². The second-order valence-corrected chi connectivity index (χ2v) is 8.49. The lowest BCUT2D eigenvalue weighted by Crippen LogP contribution is -2.33. The van der Waals surface area contributed by atoms with Crippen LogP contribution in [0, 0.1) is 6.92 Å². The molecule has 0 saturated carbocycles. The number of hydrogen-bond donors (Lipinski definition) is 2. The molecule has 5 aromatic rings. The highest BCUT2D eigenvalue weighted by Crippen LogP contribution is 2.32. The number of aromatic nitrogens is 4. The van der Waals surface area contributed by atoms with Crippen molar-refractivity contribution in [2.24, 2.45) is 0 Å². The lowest BCUT2D eigenvalue weighted by atomic mass is 9.93. The molecule has 0 bridgehead atoms. The highest BCUT2D eigenvalue weighted by atomic mass is 16.2. The van der Waals surface area contributed by atoms with Crippen LogP contribution in [0.3, 0.4) is 0 Å². The third-order valence-electron chi connectivity index (χ3n) is 6.06. The summed E-state index contributed by atoms with van der Waals surface area (Å²) in [5.41, 5.74) is 6.91. The summed E-state index contributed by atoms with van der Waals surface area (Å²) in [5.74, 6) is 0.288. The minimum atomic E-state index is -0.302. The molecule has 0 aliphatic carbocycles. The van der Waals surface area contributed by atoms with E-state index in [1.807, 2.05) is 16.7 Å². The van der Waals surface area contributed by atoms with Gasteiger partial charge in [-0.15, -0.1) is 0 Å². The molecule has 3 aromatic heterocycles. The van der Waals surface area contributed by atoms with Crippen molar-refractivity contribution in [3.8, 4) is 28.1 Å². The molecule has 2 N–H and O–H groups in total. The molecule has 0 atom stereocenters. The highest BCUT2D eigenvalue weighted by Gasteiger charge is 2.14. The second-order valence-electron chi connectivity index (χ2n) is 8.49. The van der Waals surface area contributed by atoms with Crippen LogP contribution in [0.5, 0.6) is 0 Å². The van der Waals surface area contributed by atoms with Crippen LogP contribution in [0.25, 0.3) is 33.7 Å². The van der Waals surface area contributed by atoms with E-state index in [1.165, 1.54) is 23.6 Å². The van der Waals surface area contributed by atoms with Gasteiger partial charge >= 0.3 is 0 Å². The molecule has 0 aliphatic heterocycles. The van der Waals surface area contributed by atoms with Gasteiger partial charge in [-0.25, -0.2) is 9.67 Å². The molecular formula is C28H26N6O2. The Morgan fingerprint density at radius 2 is 1.61 bits per heavy atom. The minimum Gasteiger partial charge on any atom is -0.355 e. The van der Waals surface area contributed by atoms with Gasteiger partial charge in [0.15, 0.2) is 11.5 Å². The van der Waals surface area contributed by atoms with Crippen LogP contribution in [-0.4, -0.2) is 44.1 Å². The Morgan fingerprint density at radius 1 is 0.861 bits per heavy atom. The van der Waals surface area contributed by atoms with E-state index in [1.54, 1.807) is 23.1 Å². The van der Waals surface area contributed by atoms with Crippen molar-refractivity contribution in [2.45, 2.75) is 13.8 Å². The number of benzene rings is 2. The summed E-state index contributed by atoms with van der Waals surface area (Å²) >= 11 is 0. The van der Waals surface area contributed by atoms with Gasteiger partial charge < -0.3 is 10.6 Å². The van der Waals surface area contributed by atoms with E-state index < -0.39 is 0 Å². The summed E-state index contributed by atoms with van der Waals surface area (Å²) < 4.78 is 3.56. The standard InChI is InChI=1S/C28H26N6O2/c1-19-23(21-7-4-3-5-8-21)9-6-10-24(19)22-11-15-33-26(17-22)31-18-27(33)34-16-12-25(32-34)28(36)30-14-13-29-20(2)35/h3-12,15-18H,13-14H2,1-2H3,(H,29,35)(H,30,36). The number of pyridine rings is 1. The summed E-state index contributed by atoms with van der Waals surface area (Å²) in [7, 11) is 0. The molecule has 0 unspecified atom stereocenters. The third kappa shape index (κ3) is 4.61. The Bertz CT molecular complexity index is 1550. The van der Waals surface area contributed by atoms with Crippen LogP contribution < -0.4 is 10.6 Å². The zero-order valence-electron chi connectivity index (χ0n) is 20.1. The Kier molecular flexibility index (Phi) is 6.32. The predicted molar refractivity (Wildman–Crippen MR) is 139 cm³/mol. The lowest BCUT2D eigenvalue weighted by Gasteiger charge is -2.12. The molecule has 3 heterocycles. The van der Waals surface area contributed by atoms with Gasteiger partial charge in [0.25, 0.3) is 5.91 Å². The summed E-state index contributed by atoms with van der Waals surface area (Å²) in [6.45, 7) is 4.27. The molecular weight excluding hydrogens is 452 g/mol. The first kappa shape index (κ1) is 23.0. The quantitative estimate of drug-likeness (QED) is 0.346. The van der Waals surface area contributed by atoms with Gasteiger partial charge in [0.1, 0.15) is 5.65 Å². The van der Waals surface area contributed by atoms with Crippen molar-refractivity contribution in [3.05, 3.63) is 96.6 Å². The highest BCUT2D eigenvalue weighted by molar-refractivity contribution is 5.92. The van der Waals surface area contributed by atoms with Crippen molar-refractivity contribution in [1.29, 1.82) is 0 Å². The van der Waals surface area contributed by atoms with Crippen molar-refractivity contribution < 1.29 is 9.59 Å². The van der Waals surface area contributed by atoms with Gasteiger partial charge in [0, 0.05) is 32.4 Å². The summed E-state index contributed by atoms with van der Waals surface area (Å²) in [4.78, 5) is 27.9. The van der Waals surface area contributed by atoms with E-state index in [-0.39, 0.29) is 17.5 Å². The Labute approximate surface area is 208 Å². The van der Waals surface area contributed by atoms with Gasteiger partial charge in [-0.1, -0.05) is 48.5 Å². The fourth-order valence-electron chi connectivity index (χ4n) is 4.26. The summed E-state index contributed by atoms with van der Waals surface area (Å²) in [5, 5.41) is 9.80. The fraction of sp³-hybridized carbons (Fsp3) is 0.143. The number of amides is 2. The van der Waals surface area contributed by atoms with E-state index in [0.29, 0.717) is 13.1 Å². The summed E-state index contributed by atoms with van der Waals surface area (Å²) in [6, 6.07) is 22.5. The maximum atomic E-state index is 12.4. The molecule has 0 radical (unpaired) electrons. The lowest BCUT2D eigenvalue weighted by molar-refractivity contribution is -0.118. The normalized spacial score (nSPS) is 10.9. The van der Waals surface area contributed by atoms with Gasteiger partial charge in [0.2, 0.25) is 5.91 Å². The minimum absolute atomic E-state index is 0.136. The van der Waals surface area contributed by atoms with E-state index in [0.717, 1.165) is 22.6 Å². The summed E-state index contributed by atoms with van der Waals surface area (Å²) in [6.07, 6.45) is 5.43. The molecule has 0 aliphatic rings. The number of nitrogens with one attached hydrogen (secondary N) is 2. The van der Waals surface area contributed by atoms with Crippen LogP contribution in [0.2, 0.25) is 0 Å². The first-order chi connectivity index (χ1) is 17.5. The predicted octanol–water partition coefficient (Wildman–Crippen LogP) is 4.03. The number of imidazole rings is 1. The van der Waals surface area contributed by atoms with Crippen LogP contribution >= 0.6 is 0 Å². The van der Waals surface area contributed by atoms with E-state index >= 15 is 0 Å². The van der Waals surface area contributed by atoms with Crippen LogP contribution in [0.4, 0.5) is 0 Å². The van der Waals surface area contributed by atoms with Crippen molar-refractivity contribution in [3.63, 3.8) is 0 Å². The van der Waals surface area contributed by atoms with Crippen LogP contribution in [0.15, 0.2) is 85.3 Å². The molecule has 36 heavy (non-hydrogen) atoms. The zero-order chi connectivity index (χ0) is 25.1. The molecule has 0 saturated heterocycles. The van der Waals surface area contributed by atoms with Crippen LogP contribution in [0.1, 0.15) is 23.0 Å². The monoisotopic (exact) mass is 478 g/mol. The van der Waals surface area contributed by atoms with Gasteiger partial charge in [0.05, 0.1) is 6.20 Å². The molecule has 2 aromatic carbocycles. The van der Waals surface area contributed by atoms with Gasteiger partial charge in [-0.05, 0) is 52.9 Å². The number of carbonyl (C=O) groups excluding carboxylic acids is 2. The van der Waals surface area contributed by atoms with Crippen molar-refractivity contribution >= 4 is 17.5 Å². The smallest absolute Gasteiger partial charge is 0.271 e. The number of hydrogen-bond acceptors (Lipinski definition) is 4. The number of nitrogens with zero attached hydrogens (tertiary/aromatic N) is 4. The molecule has 8 nitrogen and oxygen atoms in total. The second kappa shape index (κ2) is 9.87. The Hall–Kier alpha value is -4.72. The maximum absolute atomic E-state index is 12.4. The number of rotatable bonds is 7. The average Bonchev–Trinajstić information content (AvgIpc) is 3.54. The average molecular weight is 479 g/mol. The van der Waals surface area contributed by atoms with Gasteiger partial charge in [-0.3, -0.25) is 14.0 Å². The number of fused-ring (bicyclic) bond motifs is 1. The number of carbonyl (C=O) groups is 2. The molecule has 0 spiro atoms. The third-order valence-corrected chi connectivity index (χ3v) is 6.06. The SMILES string of the molecule is CC(=O)NCCNC(=O)c1ccn(-c2cnc3cc(-c4cccc(-c5ccccc5)c4C)ccn23)n1. The fourth-order valence-corrected chi connectivity index (χ4v) is 4.26. The van der Waals surface area contributed by atoms with Crippen LogP contribution in [-0.2, 0) is 4.79 Å². The molecule has 5 rings (SSSR count). The van der Waals surface area contributed by atoms with E-state index in [4.69, 9.17) is 0 Å². The Balaban J connectivity index is 1.39. The molecule has 180 valence electrons. The maximum Gasteiger partial charge on any atom is 0.271 e. The molecule has 8 heteroatoms. The largest absolute Gasteiger partial charge is 0.355 e. The van der Waals surface area contributed by atoms with Crippen molar-refractivity contribution in [1.82, 2.24) is 29.8 Å². The molecule has 0 fully saturated rings. The Morgan fingerprint density at radius 3 is 2.39 bits per heavy atom. The van der Waals surface area contributed by atoms with E-state index in [2.05, 4.69) is 82.2 Å². The van der Waals surface area contributed by atoms with E-state index in [9.17, 15) is 9.59 Å².